The van der Waals surface area contributed by atoms with Crippen molar-refractivity contribution in [3.63, 3.8) is 0 Å². The first-order chi connectivity index (χ1) is 16.5. The lowest BCUT2D eigenvalue weighted by atomic mass is 10.2. The molecule has 0 unspecified atom stereocenters. The first kappa shape index (κ1) is 22.9. The highest BCUT2D eigenvalue weighted by molar-refractivity contribution is 6.30. The molecule has 1 N–H and O–H groups in total. The van der Waals surface area contributed by atoms with Crippen molar-refractivity contribution in [2.24, 2.45) is 4.99 Å². The molecular weight excluding hydrogens is 458 g/mol. The number of rotatable bonds is 7. The predicted octanol–water partition coefficient (Wildman–Crippen LogP) is 3.87. The largest absolute Gasteiger partial charge is 0.461 e. The number of H-pyrrole nitrogens is 1. The van der Waals surface area contributed by atoms with Crippen molar-refractivity contribution in [3.8, 4) is 11.6 Å². The van der Waals surface area contributed by atoms with E-state index < -0.39 is 11.5 Å². The molecule has 0 aliphatic rings. The van der Waals surface area contributed by atoms with E-state index in [4.69, 9.17) is 21.1 Å². The molecule has 172 valence electrons. The molecule has 0 aliphatic carbocycles. The number of esters is 1. The lowest BCUT2D eigenvalue weighted by molar-refractivity contribution is 0.0514. The summed E-state index contributed by atoms with van der Waals surface area (Å²) in [5.74, 6) is 0.239. The quantitative estimate of drug-likeness (QED) is 0.404. The molecule has 34 heavy (non-hydrogen) atoms. The van der Waals surface area contributed by atoms with Gasteiger partial charge in [-0.3, -0.25) is 9.36 Å². The van der Waals surface area contributed by atoms with E-state index in [9.17, 15) is 9.59 Å². The third-order valence-electron chi connectivity index (χ3n) is 4.63. The van der Waals surface area contributed by atoms with Gasteiger partial charge >= 0.3 is 5.97 Å². The Morgan fingerprint density at radius 1 is 1.09 bits per heavy atom. The maximum atomic E-state index is 13.1. The van der Waals surface area contributed by atoms with Crippen LogP contribution in [0.2, 0.25) is 5.02 Å². The summed E-state index contributed by atoms with van der Waals surface area (Å²) in [6.45, 7) is 1.91. The number of halogens is 1. The number of pyridine rings is 1. The molecule has 0 fully saturated rings. The van der Waals surface area contributed by atoms with Crippen LogP contribution >= 0.6 is 11.6 Å². The number of hydrogen-bond acceptors (Lipinski definition) is 7. The second-order valence-electron chi connectivity index (χ2n) is 7.01. The summed E-state index contributed by atoms with van der Waals surface area (Å²) >= 11 is 5.97. The lowest BCUT2D eigenvalue weighted by Crippen LogP contribution is -2.41. The fourth-order valence-electron chi connectivity index (χ4n) is 3.01. The molecule has 0 bridgehead atoms. The van der Waals surface area contributed by atoms with Crippen LogP contribution in [0.5, 0.6) is 11.6 Å². The number of carbonyl (C=O) groups excluding carboxylic acids is 1. The van der Waals surface area contributed by atoms with Crippen LogP contribution in [0.15, 0.2) is 82.7 Å². The fraction of sp³-hybridized carbons (Fsp3) is 0.125. The van der Waals surface area contributed by atoms with Crippen LogP contribution in [0.3, 0.4) is 0 Å². The molecule has 9 nitrogen and oxygen atoms in total. The molecule has 2 heterocycles. The Kier molecular flexibility index (Phi) is 7.14. The van der Waals surface area contributed by atoms with Gasteiger partial charge in [-0.1, -0.05) is 29.8 Å². The summed E-state index contributed by atoms with van der Waals surface area (Å²) in [6, 6.07) is 19.3. The van der Waals surface area contributed by atoms with Gasteiger partial charge in [0.2, 0.25) is 17.2 Å². The van der Waals surface area contributed by atoms with Crippen molar-refractivity contribution in [3.05, 3.63) is 105 Å². The normalized spacial score (nSPS) is 11.3. The van der Waals surface area contributed by atoms with Crippen LogP contribution in [0.4, 0.5) is 5.69 Å². The van der Waals surface area contributed by atoms with Gasteiger partial charge in [0.15, 0.2) is 0 Å². The molecular formula is C24H20ClN5O4. The molecule has 2 aromatic carbocycles. The van der Waals surface area contributed by atoms with Gasteiger partial charge in [-0.2, -0.15) is 5.10 Å². The average Bonchev–Trinajstić information content (AvgIpc) is 2.84. The smallest absolute Gasteiger partial charge is 0.364 e. The van der Waals surface area contributed by atoms with E-state index in [-0.39, 0.29) is 24.5 Å². The summed E-state index contributed by atoms with van der Waals surface area (Å²) in [7, 11) is 0. The standard InChI is InChI=1S/C24H20ClN5O4/c1-2-33-23(32)21-22(31)30(15-16-6-8-17(25)9-7-16)24(29-28-21)27-18-10-12-19(13-11-18)34-20-5-3-4-14-26-20/h3-14H,2,15H2,1H3,(H,27,29). The molecule has 10 heteroatoms. The third kappa shape index (κ3) is 5.57. The minimum atomic E-state index is -0.809. The van der Waals surface area contributed by atoms with Gasteiger partial charge < -0.3 is 9.47 Å². The van der Waals surface area contributed by atoms with E-state index in [0.29, 0.717) is 22.3 Å². The summed E-state index contributed by atoms with van der Waals surface area (Å²) in [6.07, 6.45) is 1.64. The zero-order chi connectivity index (χ0) is 23.9. The highest BCUT2D eigenvalue weighted by atomic mass is 35.5. The fourth-order valence-corrected chi connectivity index (χ4v) is 3.14. The van der Waals surface area contributed by atoms with Gasteiger partial charge in [0.1, 0.15) is 5.75 Å². The van der Waals surface area contributed by atoms with Gasteiger partial charge in [-0.15, -0.1) is 0 Å². The van der Waals surface area contributed by atoms with E-state index in [0.717, 1.165) is 5.56 Å². The molecule has 4 rings (SSSR count). The average molecular weight is 478 g/mol. The molecule has 0 spiro atoms. The minimum absolute atomic E-state index is 0.121. The molecule has 0 amide bonds. The minimum Gasteiger partial charge on any atom is -0.461 e. The second-order valence-corrected chi connectivity index (χ2v) is 7.45. The zero-order valence-electron chi connectivity index (χ0n) is 18.1. The van der Waals surface area contributed by atoms with Gasteiger partial charge in [-0.25, -0.2) is 19.9 Å². The number of benzene rings is 2. The third-order valence-corrected chi connectivity index (χ3v) is 4.88. The van der Waals surface area contributed by atoms with Crippen molar-refractivity contribution in [2.75, 3.05) is 6.61 Å². The SMILES string of the molecule is CCOC(=O)c1n[nH]/c(=N\c2ccc(Oc3ccccn3)cc2)n(Cc2ccc(Cl)cc2)c1=O. The summed E-state index contributed by atoms with van der Waals surface area (Å²) in [5.41, 5.74) is 0.511. The predicted molar refractivity (Wildman–Crippen MR) is 125 cm³/mol. The van der Waals surface area contributed by atoms with Crippen LogP contribution in [-0.4, -0.2) is 32.3 Å². The highest BCUT2D eigenvalue weighted by Gasteiger charge is 2.17. The van der Waals surface area contributed by atoms with Crippen LogP contribution < -0.4 is 15.9 Å². The Morgan fingerprint density at radius 2 is 1.85 bits per heavy atom. The summed E-state index contributed by atoms with van der Waals surface area (Å²) in [4.78, 5) is 33.9. The number of nitrogens with zero attached hydrogens (tertiary/aromatic N) is 4. The van der Waals surface area contributed by atoms with Crippen LogP contribution in [0.25, 0.3) is 0 Å². The van der Waals surface area contributed by atoms with E-state index in [1.165, 1.54) is 4.57 Å². The molecule has 0 atom stereocenters. The highest BCUT2D eigenvalue weighted by Crippen LogP contribution is 2.22. The van der Waals surface area contributed by atoms with Crippen LogP contribution in [-0.2, 0) is 11.3 Å². The molecule has 2 aromatic heterocycles. The zero-order valence-corrected chi connectivity index (χ0v) is 18.9. The number of hydrogen-bond donors (Lipinski definition) is 1. The van der Waals surface area contributed by atoms with E-state index >= 15 is 0 Å². The first-order valence-corrected chi connectivity index (χ1v) is 10.8. The Labute approximate surface area is 199 Å². The number of aromatic nitrogens is 4. The number of carbonyl (C=O) groups is 1. The molecule has 0 radical (unpaired) electrons. The van der Waals surface area contributed by atoms with Crippen LogP contribution in [0, 0.1) is 0 Å². The van der Waals surface area contributed by atoms with Gasteiger partial charge in [-0.05, 0) is 55.0 Å². The number of ether oxygens (including phenoxy) is 2. The summed E-state index contributed by atoms with van der Waals surface area (Å²) in [5, 5.41) is 7.17. The maximum absolute atomic E-state index is 13.1. The lowest BCUT2D eigenvalue weighted by Gasteiger charge is -2.09. The second kappa shape index (κ2) is 10.6. The molecule has 0 saturated heterocycles. The number of aromatic amines is 1. The molecule has 0 saturated carbocycles. The maximum Gasteiger partial charge on any atom is 0.364 e. The monoisotopic (exact) mass is 477 g/mol. The van der Waals surface area contributed by atoms with E-state index in [1.807, 2.05) is 6.07 Å². The van der Waals surface area contributed by atoms with Crippen molar-refractivity contribution in [2.45, 2.75) is 13.5 Å². The number of nitrogens with one attached hydrogen (secondary N) is 1. The van der Waals surface area contributed by atoms with Gasteiger partial charge in [0.05, 0.1) is 18.8 Å². The summed E-state index contributed by atoms with van der Waals surface area (Å²) < 4.78 is 12.0. The first-order valence-electron chi connectivity index (χ1n) is 10.4. The molecule has 0 aliphatic heterocycles. The van der Waals surface area contributed by atoms with Crippen molar-refractivity contribution >= 4 is 23.3 Å². The van der Waals surface area contributed by atoms with Crippen LogP contribution in [0.1, 0.15) is 23.0 Å². The Hall–Kier alpha value is -4.24. The Balaban J connectivity index is 1.70. The van der Waals surface area contributed by atoms with Crippen molar-refractivity contribution in [1.82, 2.24) is 19.7 Å². The van der Waals surface area contributed by atoms with Gasteiger partial charge in [0, 0.05) is 17.3 Å². The van der Waals surface area contributed by atoms with Gasteiger partial charge in [0.25, 0.3) is 5.56 Å². The Morgan fingerprint density at radius 3 is 2.53 bits per heavy atom. The molecule has 4 aromatic rings. The van der Waals surface area contributed by atoms with E-state index in [1.54, 1.807) is 73.8 Å². The van der Waals surface area contributed by atoms with Crippen molar-refractivity contribution < 1.29 is 14.3 Å². The topological polar surface area (TPSA) is 111 Å². The Bertz CT molecular complexity index is 1400. The van der Waals surface area contributed by atoms with Crippen molar-refractivity contribution in [1.29, 1.82) is 0 Å². The van der Waals surface area contributed by atoms with E-state index in [2.05, 4.69) is 20.2 Å².